The van der Waals surface area contributed by atoms with Crippen molar-refractivity contribution < 1.29 is 19.2 Å². The van der Waals surface area contributed by atoms with Crippen LogP contribution in [0.2, 0.25) is 0 Å². The summed E-state index contributed by atoms with van der Waals surface area (Å²) in [6.07, 6.45) is 0. The molecule has 0 aliphatic heterocycles. The molecule has 0 atom stereocenters. The van der Waals surface area contributed by atoms with E-state index in [0.29, 0.717) is 22.7 Å². The van der Waals surface area contributed by atoms with E-state index in [9.17, 15) is 24.5 Å². The molecule has 32 heavy (non-hydrogen) atoms. The molecule has 12 heteroatoms. The number of rotatable bonds is 8. The first kappa shape index (κ1) is 22.9. The Morgan fingerprint density at radius 1 is 1.16 bits per heavy atom. The normalized spacial score (nSPS) is 10.7. The number of nitro benzene ring substituents is 1. The summed E-state index contributed by atoms with van der Waals surface area (Å²) in [5, 5.41) is 11.5. The largest absolute Gasteiger partial charge is 0.383 e. The number of thioether (sulfide) groups is 1. The van der Waals surface area contributed by atoms with Crippen LogP contribution in [0.4, 0.5) is 5.69 Å². The summed E-state index contributed by atoms with van der Waals surface area (Å²) >= 11 is 1.05. The van der Waals surface area contributed by atoms with Crippen molar-refractivity contribution in [2.75, 3.05) is 19.5 Å². The topological polar surface area (TPSA) is 145 Å². The van der Waals surface area contributed by atoms with Crippen LogP contribution in [-0.2, 0) is 16.1 Å². The maximum Gasteiger partial charge on any atom is 0.269 e. The van der Waals surface area contributed by atoms with Crippen LogP contribution in [0.5, 0.6) is 0 Å². The van der Waals surface area contributed by atoms with Gasteiger partial charge in [0.05, 0.1) is 34.7 Å². The summed E-state index contributed by atoms with van der Waals surface area (Å²) in [5.41, 5.74) is 4.79. The van der Waals surface area contributed by atoms with E-state index in [4.69, 9.17) is 4.74 Å². The average molecular weight is 457 g/mol. The molecule has 11 nitrogen and oxygen atoms in total. The fraction of sp³-hybridized carbons (Fsp3) is 0.200. The summed E-state index contributed by atoms with van der Waals surface area (Å²) in [4.78, 5) is 51.7. The third-order valence-corrected chi connectivity index (χ3v) is 5.31. The van der Waals surface area contributed by atoms with Crippen LogP contribution in [0, 0.1) is 10.1 Å². The number of nitro groups is 1. The van der Waals surface area contributed by atoms with Gasteiger partial charge in [-0.05, 0) is 24.3 Å². The first-order chi connectivity index (χ1) is 15.4. The molecule has 0 aliphatic carbocycles. The van der Waals surface area contributed by atoms with Gasteiger partial charge in [0.2, 0.25) is 5.91 Å². The predicted octanol–water partition coefficient (Wildman–Crippen LogP) is 1.50. The van der Waals surface area contributed by atoms with Crippen molar-refractivity contribution in [3.05, 3.63) is 74.6 Å². The Hall–Kier alpha value is -3.77. The van der Waals surface area contributed by atoms with Gasteiger partial charge in [0.1, 0.15) is 0 Å². The van der Waals surface area contributed by atoms with Crippen LogP contribution in [0.1, 0.15) is 10.4 Å². The number of aromatic nitrogens is 2. The van der Waals surface area contributed by atoms with Gasteiger partial charge in [-0.2, -0.15) is 0 Å². The Morgan fingerprint density at radius 2 is 1.88 bits per heavy atom. The van der Waals surface area contributed by atoms with Gasteiger partial charge >= 0.3 is 0 Å². The van der Waals surface area contributed by atoms with E-state index in [0.717, 1.165) is 11.8 Å². The fourth-order valence-corrected chi connectivity index (χ4v) is 3.56. The number of carbonyl (C=O) groups is 2. The number of non-ortho nitro benzene ring substituents is 1. The molecule has 3 aromatic rings. The van der Waals surface area contributed by atoms with Crippen molar-refractivity contribution >= 4 is 40.2 Å². The van der Waals surface area contributed by atoms with Crippen molar-refractivity contribution in [2.45, 2.75) is 11.7 Å². The van der Waals surface area contributed by atoms with Crippen LogP contribution in [0.25, 0.3) is 10.9 Å². The van der Waals surface area contributed by atoms with Crippen LogP contribution in [0.3, 0.4) is 0 Å². The molecular formula is C20H19N5O6S. The lowest BCUT2D eigenvalue weighted by molar-refractivity contribution is -0.384. The molecule has 0 unspecified atom stereocenters. The smallest absolute Gasteiger partial charge is 0.269 e. The van der Waals surface area contributed by atoms with E-state index < -0.39 is 16.7 Å². The van der Waals surface area contributed by atoms with Gasteiger partial charge < -0.3 is 4.74 Å². The molecule has 1 heterocycles. The molecule has 2 amide bonds. The Morgan fingerprint density at radius 3 is 2.56 bits per heavy atom. The lowest BCUT2D eigenvalue weighted by Crippen LogP contribution is -2.42. The van der Waals surface area contributed by atoms with Crippen molar-refractivity contribution in [1.82, 2.24) is 20.4 Å². The number of fused-ring (bicyclic) bond motifs is 1. The molecule has 0 spiro atoms. The summed E-state index contributed by atoms with van der Waals surface area (Å²) in [6.45, 7) is 0.568. The minimum Gasteiger partial charge on any atom is -0.383 e. The highest BCUT2D eigenvalue weighted by atomic mass is 32.2. The van der Waals surface area contributed by atoms with Gasteiger partial charge in [-0.25, -0.2) is 4.98 Å². The summed E-state index contributed by atoms with van der Waals surface area (Å²) in [6, 6.07) is 11.9. The quantitative estimate of drug-likeness (QED) is 0.224. The number of methoxy groups -OCH3 is 1. The van der Waals surface area contributed by atoms with Crippen LogP contribution >= 0.6 is 11.8 Å². The zero-order chi connectivity index (χ0) is 23.1. The summed E-state index contributed by atoms with van der Waals surface area (Å²) in [5.74, 6) is -1.26. The third-order valence-electron chi connectivity index (χ3n) is 4.33. The molecule has 1 aromatic heterocycles. The van der Waals surface area contributed by atoms with Gasteiger partial charge in [-0.1, -0.05) is 23.9 Å². The van der Waals surface area contributed by atoms with E-state index in [-0.39, 0.29) is 29.1 Å². The van der Waals surface area contributed by atoms with Crippen LogP contribution in [-0.4, -0.2) is 45.8 Å². The lowest BCUT2D eigenvalue weighted by atomic mass is 10.2. The van der Waals surface area contributed by atoms with E-state index in [1.807, 2.05) is 0 Å². The SMILES string of the molecule is COCCn1c(SCC(=O)NNC(=O)c2ccc([N+](=O)[O-])cc2)nc2ccccc2c1=O. The number of hydrogen-bond acceptors (Lipinski definition) is 8. The molecular weight excluding hydrogens is 438 g/mol. The Labute approximate surface area is 185 Å². The molecule has 0 bridgehead atoms. The number of carbonyl (C=O) groups excluding carboxylic acids is 2. The number of hydrogen-bond donors (Lipinski definition) is 2. The second-order valence-corrected chi connectivity index (χ2v) is 7.40. The first-order valence-electron chi connectivity index (χ1n) is 9.35. The van der Waals surface area contributed by atoms with Crippen LogP contribution in [0.15, 0.2) is 58.5 Å². The minimum atomic E-state index is -0.626. The van der Waals surface area contributed by atoms with Crippen molar-refractivity contribution in [1.29, 1.82) is 0 Å². The molecule has 0 saturated heterocycles. The molecule has 0 saturated carbocycles. The highest BCUT2D eigenvalue weighted by molar-refractivity contribution is 7.99. The van der Waals surface area contributed by atoms with E-state index >= 15 is 0 Å². The van der Waals surface area contributed by atoms with Crippen molar-refractivity contribution in [2.24, 2.45) is 0 Å². The van der Waals surface area contributed by atoms with Crippen molar-refractivity contribution in [3.63, 3.8) is 0 Å². The number of amides is 2. The molecule has 2 aromatic carbocycles. The first-order valence-corrected chi connectivity index (χ1v) is 10.3. The molecule has 0 radical (unpaired) electrons. The monoisotopic (exact) mass is 457 g/mol. The predicted molar refractivity (Wildman–Crippen MR) is 117 cm³/mol. The fourth-order valence-electron chi connectivity index (χ4n) is 2.74. The Kier molecular flexibility index (Phi) is 7.52. The standard InChI is InChI=1S/C20H19N5O6S/c1-31-11-10-24-19(28)15-4-2-3-5-16(15)21-20(24)32-12-17(26)22-23-18(27)13-6-8-14(9-7-13)25(29)30/h2-9H,10-12H2,1H3,(H,22,26)(H,23,27). The number of nitrogens with one attached hydrogen (secondary N) is 2. The second-order valence-electron chi connectivity index (χ2n) is 6.46. The van der Waals surface area contributed by atoms with Gasteiger partial charge in [0.15, 0.2) is 5.16 Å². The summed E-state index contributed by atoms with van der Waals surface area (Å²) < 4.78 is 6.50. The van der Waals surface area contributed by atoms with Crippen LogP contribution < -0.4 is 16.4 Å². The molecule has 3 rings (SSSR count). The van der Waals surface area contributed by atoms with E-state index in [1.165, 1.54) is 35.9 Å². The van der Waals surface area contributed by atoms with Gasteiger partial charge in [-0.15, -0.1) is 0 Å². The Balaban J connectivity index is 1.64. The van der Waals surface area contributed by atoms with Gasteiger partial charge in [0.25, 0.3) is 17.2 Å². The number of ether oxygens (including phenoxy) is 1. The van der Waals surface area contributed by atoms with Gasteiger partial charge in [-0.3, -0.25) is 39.9 Å². The zero-order valence-electron chi connectivity index (χ0n) is 16.9. The molecule has 166 valence electrons. The maximum absolute atomic E-state index is 12.8. The maximum atomic E-state index is 12.8. The van der Waals surface area contributed by atoms with Crippen molar-refractivity contribution in [3.8, 4) is 0 Å². The third kappa shape index (κ3) is 5.47. The Bertz CT molecular complexity index is 1210. The lowest BCUT2D eigenvalue weighted by Gasteiger charge is -2.13. The van der Waals surface area contributed by atoms with E-state index in [2.05, 4.69) is 15.8 Å². The average Bonchev–Trinajstić information content (AvgIpc) is 2.80. The minimum absolute atomic E-state index is 0.113. The summed E-state index contributed by atoms with van der Waals surface area (Å²) in [7, 11) is 1.52. The zero-order valence-corrected chi connectivity index (χ0v) is 17.8. The highest BCUT2D eigenvalue weighted by Crippen LogP contribution is 2.17. The number of para-hydroxylation sites is 1. The number of hydrazine groups is 1. The highest BCUT2D eigenvalue weighted by Gasteiger charge is 2.14. The molecule has 0 aliphatic rings. The number of benzene rings is 2. The van der Waals surface area contributed by atoms with E-state index in [1.54, 1.807) is 24.3 Å². The molecule has 2 N–H and O–H groups in total. The second kappa shape index (κ2) is 10.5. The number of nitrogens with zero attached hydrogens (tertiary/aromatic N) is 3. The van der Waals surface area contributed by atoms with Gasteiger partial charge in [0, 0.05) is 24.8 Å². The molecule has 0 fully saturated rings.